The molecule has 0 saturated carbocycles. The maximum atomic E-state index is 6.23. The van der Waals surface area contributed by atoms with Gasteiger partial charge in [0.25, 0.3) is 0 Å². The minimum Gasteiger partial charge on any atom is -0.453 e. The number of benzene rings is 2. The van der Waals surface area contributed by atoms with Crippen molar-refractivity contribution in [3.8, 4) is 22.9 Å². The number of nitrogens with two attached hydrogens (primary N) is 1. The molecule has 200 valence electrons. The van der Waals surface area contributed by atoms with Gasteiger partial charge in [0.15, 0.2) is 11.6 Å². The van der Waals surface area contributed by atoms with E-state index < -0.39 is 0 Å². The standard InChI is InChI=1S/C29H38N8O/c1-36(2)17-5-15-31-28(30)23-11-12-24-25(19-23)35-29(34-24)27-14-13-26(38-27)22-9-7-21(8-10-22)20-33-32-16-6-18-37(3)4/h7-14,19-20,32H,5-6,15-18H2,1-4H3,(H2,30,31)(H,34,35). The third kappa shape index (κ3) is 7.53. The number of aliphatic imine (C=N–C) groups is 1. The first kappa shape index (κ1) is 27.1. The van der Waals surface area contributed by atoms with Gasteiger partial charge in [-0.15, -0.1) is 0 Å². The molecule has 0 spiro atoms. The highest BCUT2D eigenvalue weighted by atomic mass is 16.3. The van der Waals surface area contributed by atoms with E-state index >= 15 is 0 Å². The molecule has 0 aliphatic carbocycles. The molecule has 0 aliphatic rings. The number of aromatic nitrogens is 2. The summed E-state index contributed by atoms with van der Waals surface area (Å²) in [6, 6.07) is 17.9. The van der Waals surface area contributed by atoms with Crippen LogP contribution in [0.5, 0.6) is 0 Å². The topological polar surface area (TPSA) is 111 Å². The van der Waals surface area contributed by atoms with Crippen LogP contribution in [-0.2, 0) is 0 Å². The van der Waals surface area contributed by atoms with E-state index in [-0.39, 0.29) is 0 Å². The number of aromatic amines is 1. The molecule has 0 fully saturated rings. The van der Waals surface area contributed by atoms with Gasteiger partial charge in [-0.2, -0.15) is 5.10 Å². The molecule has 4 rings (SSSR count). The number of nitrogens with zero attached hydrogens (tertiary/aromatic N) is 5. The molecule has 0 radical (unpaired) electrons. The maximum Gasteiger partial charge on any atom is 0.174 e. The Morgan fingerprint density at radius 3 is 2.47 bits per heavy atom. The lowest BCUT2D eigenvalue weighted by atomic mass is 10.1. The zero-order valence-electron chi connectivity index (χ0n) is 22.7. The normalized spacial score (nSPS) is 12.4. The third-order valence-corrected chi connectivity index (χ3v) is 6.06. The van der Waals surface area contributed by atoms with Crippen molar-refractivity contribution in [2.24, 2.45) is 15.8 Å². The number of hydrogen-bond acceptors (Lipinski definition) is 7. The van der Waals surface area contributed by atoms with Crippen molar-refractivity contribution < 1.29 is 4.42 Å². The van der Waals surface area contributed by atoms with Gasteiger partial charge in [0.1, 0.15) is 11.6 Å². The second-order valence-corrected chi connectivity index (χ2v) is 9.85. The van der Waals surface area contributed by atoms with Gasteiger partial charge >= 0.3 is 0 Å². The van der Waals surface area contributed by atoms with E-state index in [2.05, 4.69) is 58.5 Å². The van der Waals surface area contributed by atoms with Gasteiger partial charge in [-0.05, 0) is 90.0 Å². The summed E-state index contributed by atoms with van der Waals surface area (Å²) in [7, 11) is 8.25. The Labute approximate surface area is 224 Å². The number of H-pyrrole nitrogens is 1. The number of hydrazone groups is 1. The number of imidazole rings is 1. The maximum absolute atomic E-state index is 6.23. The average molecular weight is 515 g/mol. The lowest BCUT2D eigenvalue weighted by Crippen LogP contribution is -2.18. The van der Waals surface area contributed by atoms with E-state index in [9.17, 15) is 0 Å². The first-order valence-corrected chi connectivity index (χ1v) is 12.9. The second kappa shape index (κ2) is 13.0. The summed E-state index contributed by atoms with van der Waals surface area (Å²) in [6.07, 6.45) is 3.85. The lowest BCUT2D eigenvalue weighted by molar-refractivity contribution is 0.396. The van der Waals surface area contributed by atoms with Gasteiger partial charge in [0, 0.05) is 24.2 Å². The molecular formula is C29H38N8O. The Hall–Kier alpha value is -3.95. The zero-order valence-corrected chi connectivity index (χ0v) is 22.7. The van der Waals surface area contributed by atoms with Crippen LogP contribution >= 0.6 is 0 Å². The van der Waals surface area contributed by atoms with Crippen molar-refractivity contribution in [2.75, 3.05) is 54.4 Å². The van der Waals surface area contributed by atoms with E-state index in [1.54, 1.807) is 0 Å². The van der Waals surface area contributed by atoms with Gasteiger partial charge in [0.05, 0.1) is 17.2 Å². The minimum absolute atomic E-state index is 0.538. The molecule has 9 heteroatoms. The summed E-state index contributed by atoms with van der Waals surface area (Å²) in [6.45, 7) is 3.58. The smallest absolute Gasteiger partial charge is 0.174 e. The van der Waals surface area contributed by atoms with Crippen LogP contribution in [0.4, 0.5) is 0 Å². The molecule has 2 heterocycles. The minimum atomic E-state index is 0.538. The van der Waals surface area contributed by atoms with Gasteiger partial charge in [-0.25, -0.2) is 4.98 Å². The Balaban J connectivity index is 1.39. The van der Waals surface area contributed by atoms with Crippen molar-refractivity contribution >= 4 is 23.1 Å². The Bertz CT molecular complexity index is 1370. The average Bonchev–Trinajstić information content (AvgIpc) is 3.55. The van der Waals surface area contributed by atoms with E-state index in [1.165, 1.54) is 0 Å². The van der Waals surface area contributed by atoms with Crippen molar-refractivity contribution in [1.29, 1.82) is 0 Å². The monoisotopic (exact) mass is 514 g/mol. The molecule has 0 amide bonds. The number of fused-ring (bicyclic) bond motifs is 1. The number of amidine groups is 1. The molecule has 4 N–H and O–H groups in total. The second-order valence-electron chi connectivity index (χ2n) is 9.85. The fraction of sp³-hybridized carbons (Fsp3) is 0.345. The fourth-order valence-electron chi connectivity index (χ4n) is 3.98. The summed E-state index contributed by atoms with van der Waals surface area (Å²) in [5.74, 6) is 2.67. The summed E-state index contributed by atoms with van der Waals surface area (Å²) in [5.41, 5.74) is 13.9. The van der Waals surface area contributed by atoms with Crippen molar-refractivity contribution in [2.45, 2.75) is 12.8 Å². The fourth-order valence-corrected chi connectivity index (χ4v) is 3.98. The van der Waals surface area contributed by atoms with Gasteiger partial charge in [0.2, 0.25) is 0 Å². The molecule has 0 aliphatic heterocycles. The predicted octanol–water partition coefficient (Wildman–Crippen LogP) is 4.02. The highest BCUT2D eigenvalue weighted by Crippen LogP contribution is 2.28. The Morgan fingerprint density at radius 1 is 0.974 bits per heavy atom. The van der Waals surface area contributed by atoms with E-state index in [4.69, 9.17) is 15.1 Å². The van der Waals surface area contributed by atoms with Crippen LogP contribution in [0.2, 0.25) is 0 Å². The third-order valence-electron chi connectivity index (χ3n) is 6.06. The molecule has 9 nitrogen and oxygen atoms in total. The van der Waals surface area contributed by atoms with Crippen LogP contribution in [0.3, 0.4) is 0 Å². The van der Waals surface area contributed by atoms with E-state index in [0.29, 0.717) is 24.0 Å². The molecule has 4 aromatic rings. The van der Waals surface area contributed by atoms with E-state index in [0.717, 1.165) is 66.0 Å². The number of furan rings is 1. The first-order valence-electron chi connectivity index (χ1n) is 12.9. The van der Waals surface area contributed by atoms with Crippen molar-refractivity contribution in [3.05, 3.63) is 65.7 Å². The van der Waals surface area contributed by atoms with Crippen LogP contribution in [0.25, 0.3) is 33.9 Å². The molecule has 0 saturated heterocycles. The van der Waals surface area contributed by atoms with Gasteiger partial charge in [-0.3, -0.25) is 4.99 Å². The summed E-state index contributed by atoms with van der Waals surface area (Å²) in [5, 5.41) is 4.30. The summed E-state index contributed by atoms with van der Waals surface area (Å²) in [4.78, 5) is 16.9. The molecular weight excluding hydrogens is 476 g/mol. The van der Waals surface area contributed by atoms with Crippen LogP contribution < -0.4 is 11.2 Å². The number of rotatable bonds is 13. The number of hydrogen-bond donors (Lipinski definition) is 3. The molecule has 38 heavy (non-hydrogen) atoms. The quantitative estimate of drug-likeness (QED) is 0.108. The summed E-state index contributed by atoms with van der Waals surface area (Å²) >= 11 is 0. The highest BCUT2D eigenvalue weighted by Gasteiger charge is 2.12. The highest BCUT2D eigenvalue weighted by molar-refractivity contribution is 6.00. The Kier molecular flexibility index (Phi) is 9.29. The van der Waals surface area contributed by atoms with Gasteiger partial charge in [-0.1, -0.05) is 24.3 Å². The van der Waals surface area contributed by atoms with Gasteiger partial charge < -0.3 is 30.4 Å². The molecule has 0 atom stereocenters. The predicted molar refractivity (Wildman–Crippen MR) is 157 cm³/mol. The first-order chi connectivity index (χ1) is 18.4. The SMILES string of the molecule is CN(C)CCCN=C(N)c1ccc2nc(-c3ccc(-c4ccc(C=NNCCCN(C)C)cc4)o3)[nH]c2c1. The summed E-state index contributed by atoms with van der Waals surface area (Å²) < 4.78 is 6.14. The van der Waals surface area contributed by atoms with Crippen molar-refractivity contribution in [1.82, 2.24) is 25.2 Å². The number of nitrogens with one attached hydrogen (secondary N) is 2. The van der Waals surface area contributed by atoms with Crippen LogP contribution in [-0.4, -0.2) is 86.2 Å². The molecule has 2 aromatic carbocycles. The van der Waals surface area contributed by atoms with Crippen molar-refractivity contribution in [3.63, 3.8) is 0 Å². The lowest BCUT2D eigenvalue weighted by Gasteiger charge is -2.08. The largest absolute Gasteiger partial charge is 0.453 e. The zero-order chi connectivity index (χ0) is 26.9. The van der Waals surface area contributed by atoms with Crippen LogP contribution in [0.1, 0.15) is 24.0 Å². The van der Waals surface area contributed by atoms with E-state index in [1.807, 2.05) is 60.8 Å². The Morgan fingerprint density at radius 2 is 1.71 bits per heavy atom. The molecule has 0 unspecified atom stereocenters. The van der Waals surface area contributed by atoms with Crippen LogP contribution in [0.15, 0.2) is 69.1 Å². The molecule has 2 aromatic heterocycles. The molecule has 0 bridgehead atoms. The van der Waals surface area contributed by atoms with Crippen LogP contribution in [0, 0.1) is 0 Å².